The molecular formula is C23H34N4O5S. The molecule has 0 saturated carbocycles. The van der Waals surface area contributed by atoms with Gasteiger partial charge in [-0.1, -0.05) is 19.1 Å². The number of ether oxygens (including phenoxy) is 1. The van der Waals surface area contributed by atoms with Crippen molar-refractivity contribution in [1.82, 2.24) is 9.62 Å². The monoisotopic (exact) mass is 478 g/mol. The first-order valence-electron chi connectivity index (χ1n) is 11.2. The van der Waals surface area contributed by atoms with Gasteiger partial charge >= 0.3 is 0 Å². The Morgan fingerprint density at radius 3 is 2.36 bits per heavy atom. The lowest BCUT2D eigenvalue weighted by molar-refractivity contribution is -0.152. The Morgan fingerprint density at radius 2 is 1.82 bits per heavy atom. The smallest absolute Gasteiger partial charge is 0.251 e. The molecule has 3 N–H and O–H groups in total. The summed E-state index contributed by atoms with van der Waals surface area (Å²) < 4.78 is 34.4. The Balaban J connectivity index is 1.81. The Kier molecular flexibility index (Phi) is 8.16. The van der Waals surface area contributed by atoms with Crippen molar-refractivity contribution in [2.45, 2.75) is 45.1 Å². The molecule has 9 nitrogen and oxygen atoms in total. The zero-order chi connectivity index (χ0) is 24.3. The Bertz CT molecular complexity index is 997. The van der Waals surface area contributed by atoms with Crippen LogP contribution in [0.25, 0.3) is 5.57 Å². The Hall–Kier alpha value is -2.00. The highest BCUT2D eigenvalue weighted by atomic mass is 32.2. The van der Waals surface area contributed by atoms with Crippen LogP contribution in [0.2, 0.25) is 0 Å². The lowest BCUT2D eigenvalue weighted by atomic mass is 9.87. The zero-order valence-corrected chi connectivity index (χ0v) is 20.4. The van der Waals surface area contributed by atoms with Gasteiger partial charge < -0.3 is 24.7 Å². The number of likely N-dealkylation sites (N-methyl/N-ethyl adjacent to an activating group) is 1. The van der Waals surface area contributed by atoms with Gasteiger partial charge in [0.05, 0.1) is 31.0 Å². The number of nitrogens with one attached hydrogen (secondary N) is 1. The molecule has 1 aromatic carbocycles. The average molecular weight is 479 g/mol. The van der Waals surface area contributed by atoms with Crippen molar-refractivity contribution in [2.75, 3.05) is 44.7 Å². The van der Waals surface area contributed by atoms with Crippen LogP contribution in [0, 0.1) is 17.2 Å². The van der Waals surface area contributed by atoms with Crippen molar-refractivity contribution >= 4 is 21.3 Å². The van der Waals surface area contributed by atoms with Crippen molar-refractivity contribution in [3.05, 3.63) is 34.7 Å². The van der Waals surface area contributed by atoms with E-state index >= 15 is 0 Å². The van der Waals surface area contributed by atoms with Crippen LogP contribution in [0.4, 0.5) is 5.69 Å². The van der Waals surface area contributed by atoms with Crippen LogP contribution in [-0.4, -0.2) is 87.7 Å². The topological polar surface area (TPSA) is 126 Å². The van der Waals surface area contributed by atoms with Crippen molar-refractivity contribution in [3.8, 4) is 6.07 Å². The highest BCUT2D eigenvalue weighted by Gasteiger charge is 2.43. The minimum absolute atomic E-state index is 0.269. The zero-order valence-electron chi connectivity index (χ0n) is 19.6. The molecule has 0 bridgehead atoms. The SMILES string of the molecule is C/C(=C(/C#N)S(=O)(=O)N[C@H]1C(C)O[C@H](CO)[C@@H](C)[C@@H]1O)c1ccc(N2CCN(C)CC2)cc1. The van der Waals surface area contributed by atoms with E-state index in [2.05, 4.69) is 21.6 Å². The van der Waals surface area contributed by atoms with Gasteiger partial charge in [-0.05, 0) is 44.2 Å². The molecule has 0 amide bonds. The fourth-order valence-electron chi connectivity index (χ4n) is 4.39. The molecule has 1 unspecified atom stereocenters. The molecule has 3 rings (SSSR count). The molecule has 0 aromatic heterocycles. The second kappa shape index (κ2) is 10.5. The predicted octanol–water partition coefficient (Wildman–Crippen LogP) is 0.758. The van der Waals surface area contributed by atoms with Gasteiger partial charge in [-0.25, -0.2) is 13.1 Å². The lowest BCUT2D eigenvalue weighted by Gasteiger charge is -2.42. The Labute approximate surface area is 196 Å². The van der Waals surface area contributed by atoms with Crippen LogP contribution in [0.3, 0.4) is 0 Å². The van der Waals surface area contributed by atoms with Gasteiger partial charge in [-0.2, -0.15) is 5.26 Å². The number of sulfonamides is 1. The van der Waals surface area contributed by atoms with Gasteiger partial charge in [-0.3, -0.25) is 0 Å². The number of hydrogen-bond donors (Lipinski definition) is 3. The Morgan fingerprint density at radius 1 is 1.21 bits per heavy atom. The first-order chi connectivity index (χ1) is 15.6. The molecule has 2 heterocycles. The summed E-state index contributed by atoms with van der Waals surface area (Å²) in [6.45, 7) is 8.46. The normalized spacial score (nSPS) is 30.0. The number of nitriles is 1. The third-order valence-corrected chi connectivity index (χ3v) is 8.26. The molecule has 2 aliphatic heterocycles. The van der Waals surface area contributed by atoms with Crippen molar-refractivity contribution in [3.63, 3.8) is 0 Å². The van der Waals surface area contributed by atoms with E-state index in [0.29, 0.717) is 11.1 Å². The van der Waals surface area contributed by atoms with Crippen LogP contribution >= 0.6 is 0 Å². The molecule has 0 spiro atoms. The first-order valence-corrected chi connectivity index (χ1v) is 12.7. The molecule has 2 fully saturated rings. The third-order valence-electron chi connectivity index (χ3n) is 6.74. The van der Waals surface area contributed by atoms with Crippen LogP contribution in [0.1, 0.15) is 26.3 Å². The third kappa shape index (κ3) is 5.57. The summed E-state index contributed by atoms with van der Waals surface area (Å²) in [5.74, 6) is -0.475. The van der Waals surface area contributed by atoms with E-state index in [4.69, 9.17) is 4.74 Å². The minimum atomic E-state index is -4.22. The van der Waals surface area contributed by atoms with Crippen molar-refractivity contribution < 1.29 is 23.4 Å². The number of anilines is 1. The molecule has 0 radical (unpaired) electrons. The summed E-state index contributed by atoms with van der Waals surface area (Å²) >= 11 is 0. The fraction of sp³-hybridized carbons (Fsp3) is 0.609. The molecule has 182 valence electrons. The van der Waals surface area contributed by atoms with E-state index in [1.165, 1.54) is 0 Å². The number of hydrogen-bond acceptors (Lipinski definition) is 8. The van der Waals surface area contributed by atoms with Gasteiger partial charge in [0.1, 0.15) is 6.07 Å². The van der Waals surface area contributed by atoms with E-state index in [1.54, 1.807) is 20.8 Å². The standard InChI is InChI=1S/C23H34N4O5S/c1-15(18-5-7-19(8-6-18)27-11-9-26(4)10-12-27)21(13-24)33(30,31)25-22-17(3)32-20(14-28)16(2)23(22)29/h5-8,16-17,20,22-23,25,28-29H,9-12,14H2,1-4H3/b21-15+/t16-,17?,20-,22+,23+/m1/s1. The van der Waals surface area contributed by atoms with Gasteiger partial charge in [0, 0.05) is 37.8 Å². The summed E-state index contributed by atoms with van der Waals surface area (Å²) in [5.41, 5.74) is 2.02. The van der Waals surface area contributed by atoms with E-state index in [0.717, 1.165) is 31.9 Å². The van der Waals surface area contributed by atoms with E-state index in [1.807, 2.05) is 30.3 Å². The number of rotatable bonds is 6. The van der Waals surface area contributed by atoms with E-state index < -0.39 is 45.2 Å². The second-order valence-corrected chi connectivity index (χ2v) is 10.6. The highest BCUT2D eigenvalue weighted by Crippen LogP contribution is 2.29. The quantitative estimate of drug-likeness (QED) is 0.512. The number of aliphatic hydroxyl groups excluding tert-OH is 2. The second-order valence-electron chi connectivity index (χ2n) is 8.96. The summed E-state index contributed by atoms with van der Waals surface area (Å²) in [5, 5.41) is 29.8. The van der Waals surface area contributed by atoms with Crippen LogP contribution in [-0.2, 0) is 14.8 Å². The van der Waals surface area contributed by atoms with Gasteiger partial charge in [-0.15, -0.1) is 0 Å². The van der Waals surface area contributed by atoms with Crippen LogP contribution in [0.15, 0.2) is 29.2 Å². The molecule has 5 atom stereocenters. The predicted molar refractivity (Wildman–Crippen MR) is 127 cm³/mol. The molecular weight excluding hydrogens is 444 g/mol. The highest BCUT2D eigenvalue weighted by molar-refractivity contribution is 7.93. The molecule has 0 aliphatic carbocycles. The van der Waals surface area contributed by atoms with Crippen molar-refractivity contribution in [1.29, 1.82) is 5.26 Å². The van der Waals surface area contributed by atoms with E-state index in [9.17, 15) is 23.9 Å². The fourth-order valence-corrected chi connectivity index (χ4v) is 5.83. The molecule has 33 heavy (non-hydrogen) atoms. The largest absolute Gasteiger partial charge is 0.394 e. The molecule has 1 aromatic rings. The first kappa shape index (κ1) is 25.6. The number of aliphatic hydroxyl groups is 2. The number of nitrogens with zero attached hydrogens (tertiary/aromatic N) is 3. The number of benzene rings is 1. The maximum absolute atomic E-state index is 13.1. The minimum Gasteiger partial charge on any atom is -0.394 e. The summed E-state index contributed by atoms with van der Waals surface area (Å²) in [4.78, 5) is 4.15. The molecule has 2 aliphatic rings. The van der Waals surface area contributed by atoms with E-state index in [-0.39, 0.29) is 6.61 Å². The molecule has 2 saturated heterocycles. The maximum atomic E-state index is 13.1. The summed E-state index contributed by atoms with van der Waals surface area (Å²) in [7, 11) is -2.13. The maximum Gasteiger partial charge on any atom is 0.251 e. The van der Waals surface area contributed by atoms with Crippen LogP contribution < -0.4 is 9.62 Å². The van der Waals surface area contributed by atoms with Crippen molar-refractivity contribution in [2.24, 2.45) is 5.92 Å². The van der Waals surface area contributed by atoms with Gasteiger partial charge in [0.15, 0.2) is 4.91 Å². The number of allylic oxidation sites excluding steroid dienone is 2. The summed E-state index contributed by atoms with van der Waals surface area (Å²) in [6, 6.07) is 8.41. The van der Waals surface area contributed by atoms with Crippen LogP contribution in [0.5, 0.6) is 0 Å². The van der Waals surface area contributed by atoms with Gasteiger partial charge in [0.25, 0.3) is 10.0 Å². The summed E-state index contributed by atoms with van der Waals surface area (Å²) in [6.07, 6.45) is -2.32. The number of piperazine rings is 1. The van der Waals surface area contributed by atoms with Gasteiger partial charge in [0.2, 0.25) is 0 Å². The molecule has 10 heteroatoms. The lowest BCUT2D eigenvalue weighted by Crippen LogP contribution is -2.60. The average Bonchev–Trinajstić information content (AvgIpc) is 2.80.